The van der Waals surface area contributed by atoms with Crippen LogP contribution < -0.4 is 27.8 Å². The highest BCUT2D eigenvalue weighted by Gasteiger charge is 2.30. The maximum absolute atomic E-state index is 12.5. The number of nitriles is 1. The van der Waals surface area contributed by atoms with Crippen molar-refractivity contribution >= 4 is 5.69 Å². The van der Waals surface area contributed by atoms with Crippen molar-refractivity contribution in [3.05, 3.63) is 136 Å². The number of anilines is 1. The number of benzene rings is 4. The number of hydrogen-bond acceptors (Lipinski definition) is 6. The molecule has 48 heavy (non-hydrogen) atoms. The second-order valence-corrected chi connectivity index (χ2v) is 12.0. The third-order valence-electron chi connectivity index (χ3n) is 7.17. The first-order valence-corrected chi connectivity index (χ1v) is 15.6. The Morgan fingerprint density at radius 1 is 0.625 bits per heavy atom. The van der Waals surface area contributed by atoms with Crippen molar-refractivity contribution in [2.24, 2.45) is 28.9 Å². The summed E-state index contributed by atoms with van der Waals surface area (Å²) in [5.74, 6) is 0.171. The first-order chi connectivity index (χ1) is 22.4. The quantitative estimate of drug-likeness (QED) is 0.153. The molecule has 0 spiro atoms. The smallest absolute Gasteiger partial charge is 0.378 e. The van der Waals surface area contributed by atoms with E-state index in [0.717, 1.165) is 23.3 Å². The van der Waals surface area contributed by atoms with Crippen LogP contribution in [0.3, 0.4) is 0 Å². The molecule has 0 aliphatic rings. The maximum Gasteiger partial charge on any atom is 0.416 e. The third kappa shape index (κ3) is 15.1. The van der Waals surface area contributed by atoms with Crippen LogP contribution in [0.15, 0.2) is 97.1 Å². The monoisotopic (exact) mass is 666 g/mol. The van der Waals surface area contributed by atoms with E-state index in [4.69, 9.17) is 28.2 Å². The average Bonchev–Trinajstić information content (AvgIpc) is 3.05. The molecule has 0 amide bonds. The molecule has 0 aliphatic heterocycles. The number of nitrogens with zero attached hydrogens (tertiary/aromatic N) is 2. The Balaban J connectivity index is 0.000000320. The van der Waals surface area contributed by atoms with Gasteiger partial charge in [0, 0.05) is 44.0 Å². The van der Waals surface area contributed by atoms with E-state index in [1.54, 1.807) is 31.2 Å². The number of halogens is 4. The molecule has 4 aromatic rings. The van der Waals surface area contributed by atoms with Gasteiger partial charge in [-0.3, -0.25) is 0 Å². The van der Waals surface area contributed by atoms with E-state index in [2.05, 4.69) is 29.2 Å². The lowest BCUT2D eigenvalue weighted by Crippen LogP contribution is -2.16. The number of hydrogen-bond donors (Lipinski definition) is 4. The SMILES string of the molecule is CC(C)C(N)c1ccc(F)cc1.CC(N)c1cccc(C#N)c1.CC(N)c1cccc(C(F)(F)F)c1.CC(N)c1cccc(N(C)C)c1. The standard InChI is InChI=1S/C10H14FN.C10H16N2.C9H10F3N.C9H10N2/c1-7(2)10(12)8-3-5-9(11)6-4-8;1-8(11)9-5-4-6-10(7-9)12(2)3;1-6(13)7-3-2-4-8(5-7)9(10,11)12;1-7(11)9-4-2-3-8(5-9)6-10/h3-7,10H,12H2,1-2H3;4-8H,11H2,1-3H3;2-6H,13H2,1H3;2-5,7H,11H2,1H3. The molecule has 4 unspecified atom stereocenters. The fraction of sp³-hybridized carbons (Fsp3) is 0.342. The van der Waals surface area contributed by atoms with Gasteiger partial charge in [0.05, 0.1) is 17.2 Å². The predicted octanol–water partition coefficient (Wildman–Crippen LogP) is 8.56. The predicted molar refractivity (Wildman–Crippen MR) is 189 cm³/mol. The summed E-state index contributed by atoms with van der Waals surface area (Å²) in [5, 5.41) is 8.55. The molecule has 6 nitrogen and oxygen atoms in total. The van der Waals surface area contributed by atoms with Crippen molar-refractivity contribution < 1.29 is 17.6 Å². The minimum atomic E-state index is -4.29. The second-order valence-electron chi connectivity index (χ2n) is 12.0. The molecule has 0 saturated carbocycles. The fourth-order valence-corrected chi connectivity index (χ4v) is 4.05. The lowest BCUT2D eigenvalue weighted by Gasteiger charge is -2.15. The largest absolute Gasteiger partial charge is 0.416 e. The molecule has 4 atom stereocenters. The van der Waals surface area contributed by atoms with Gasteiger partial charge in [-0.15, -0.1) is 0 Å². The number of alkyl halides is 3. The first kappa shape index (κ1) is 41.8. The van der Waals surface area contributed by atoms with E-state index < -0.39 is 11.7 Å². The summed E-state index contributed by atoms with van der Waals surface area (Å²) in [4.78, 5) is 2.08. The van der Waals surface area contributed by atoms with Crippen molar-refractivity contribution in [3.8, 4) is 6.07 Å². The van der Waals surface area contributed by atoms with Gasteiger partial charge >= 0.3 is 6.18 Å². The summed E-state index contributed by atoms with van der Waals surface area (Å²) < 4.78 is 49.1. The van der Waals surface area contributed by atoms with Gasteiger partial charge in [0.2, 0.25) is 0 Å². The van der Waals surface area contributed by atoms with Crippen molar-refractivity contribution in [1.82, 2.24) is 0 Å². The van der Waals surface area contributed by atoms with E-state index >= 15 is 0 Å². The minimum absolute atomic E-state index is 0.00306. The number of rotatable bonds is 6. The highest BCUT2D eigenvalue weighted by Crippen LogP contribution is 2.30. The molecule has 0 aromatic heterocycles. The van der Waals surface area contributed by atoms with Gasteiger partial charge in [-0.05, 0) is 97.5 Å². The molecule has 260 valence electrons. The average molecular weight is 667 g/mol. The van der Waals surface area contributed by atoms with Gasteiger partial charge in [0.15, 0.2) is 0 Å². The van der Waals surface area contributed by atoms with Crippen molar-refractivity contribution in [1.29, 1.82) is 5.26 Å². The Labute approximate surface area is 283 Å². The van der Waals surface area contributed by atoms with Crippen LogP contribution in [0, 0.1) is 23.1 Å². The Kier molecular flexibility index (Phi) is 17.5. The fourth-order valence-electron chi connectivity index (χ4n) is 4.05. The molecular weight excluding hydrogens is 616 g/mol. The summed E-state index contributed by atoms with van der Waals surface area (Å²) in [6.07, 6.45) is -4.29. The summed E-state index contributed by atoms with van der Waals surface area (Å²) in [6, 6.07) is 28.9. The van der Waals surface area contributed by atoms with Crippen LogP contribution in [0.5, 0.6) is 0 Å². The normalized spacial score (nSPS) is 13.1. The molecular formula is C38H50F4N6. The van der Waals surface area contributed by atoms with Crippen LogP contribution in [0.25, 0.3) is 0 Å². The molecule has 0 heterocycles. The van der Waals surface area contributed by atoms with E-state index in [1.165, 1.54) is 29.4 Å². The van der Waals surface area contributed by atoms with Gasteiger partial charge < -0.3 is 27.8 Å². The molecule has 10 heteroatoms. The van der Waals surface area contributed by atoms with Gasteiger partial charge in [-0.2, -0.15) is 18.4 Å². The Hall–Kier alpha value is -4.27. The van der Waals surface area contributed by atoms with Crippen LogP contribution in [0.2, 0.25) is 0 Å². The Bertz CT molecular complexity index is 1520. The maximum atomic E-state index is 12.5. The summed E-state index contributed by atoms with van der Waals surface area (Å²) in [7, 11) is 4.06. The Morgan fingerprint density at radius 3 is 1.52 bits per heavy atom. The van der Waals surface area contributed by atoms with Crippen LogP contribution in [-0.4, -0.2) is 14.1 Å². The molecule has 0 bridgehead atoms. The molecule has 4 aromatic carbocycles. The van der Waals surface area contributed by atoms with Crippen molar-refractivity contribution in [3.63, 3.8) is 0 Å². The second kappa shape index (κ2) is 20.2. The van der Waals surface area contributed by atoms with Crippen LogP contribution in [0.4, 0.5) is 23.2 Å². The lowest BCUT2D eigenvalue weighted by atomic mass is 9.97. The molecule has 4 rings (SSSR count). The summed E-state index contributed by atoms with van der Waals surface area (Å²) in [6.45, 7) is 9.64. The molecule has 0 aliphatic carbocycles. The molecule has 0 fully saturated rings. The third-order valence-corrected chi connectivity index (χ3v) is 7.17. The topological polar surface area (TPSA) is 131 Å². The van der Waals surface area contributed by atoms with E-state index in [0.29, 0.717) is 17.0 Å². The van der Waals surface area contributed by atoms with E-state index in [-0.39, 0.29) is 30.0 Å². The summed E-state index contributed by atoms with van der Waals surface area (Å²) in [5.41, 5.74) is 27.6. The van der Waals surface area contributed by atoms with Gasteiger partial charge in [0.25, 0.3) is 0 Å². The highest BCUT2D eigenvalue weighted by molar-refractivity contribution is 5.47. The van der Waals surface area contributed by atoms with Crippen molar-refractivity contribution in [2.45, 2.75) is 65.0 Å². The van der Waals surface area contributed by atoms with Crippen LogP contribution in [-0.2, 0) is 6.18 Å². The van der Waals surface area contributed by atoms with Gasteiger partial charge in [-0.1, -0.05) is 62.4 Å². The molecule has 0 saturated heterocycles. The van der Waals surface area contributed by atoms with Crippen LogP contribution >= 0.6 is 0 Å². The lowest BCUT2D eigenvalue weighted by molar-refractivity contribution is -0.137. The summed E-state index contributed by atoms with van der Waals surface area (Å²) >= 11 is 0. The minimum Gasteiger partial charge on any atom is -0.378 e. The van der Waals surface area contributed by atoms with Crippen LogP contribution in [0.1, 0.15) is 92.2 Å². The zero-order valence-corrected chi connectivity index (χ0v) is 28.8. The zero-order valence-electron chi connectivity index (χ0n) is 28.8. The Morgan fingerprint density at radius 2 is 1.08 bits per heavy atom. The molecule has 8 N–H and O–H groups in total. The number of nitrogens with two attached hydrogens (primary N) is 4. The van der Waals surface area contributed by atoms with Gasteiger partial charge in [-0.25, -0.2) is 4.39 Å². The van der Waals surface area contributed by atoms with Gasteiger partial charge in [0.1, 0.15) is 5.82 Å². The first-order valence-electron chi connectivity index (χ1n) is 15.6. The van der Waals surface area contributed by atoms with E-state index in [9.17, 15) is 17.6 Å². The zero-order chi connectivity index (χ0) is 36.6. The van der Waals surface area contributed by atoms with Crippen molar-refractivity contribution in [2.75, 3.05) is 19.0 Å². The molecule has 0 radical (unpaired) electrons. The highest BCUT2D eigenvalue weighted by atomic mass is 19.4. The van der Waals surface area contributed by atoms with E-state index in [1.807, 2.05) is 66.1 Å².